The molecule has 3 nitrogen and oxygen atoms in total. The van der Waals surface area contributed by atoms with Crippen molar-refractivity contribution < 1.29 is 0 Å². The normalized spacial score (nSPS) is 16.5. The number of halogens is 2. The van der Waals surface area contributed by atoms with E-state index in [9.17, 15) is 0 Å². The molecule has 0 saturated carbocycles. The van der Waals surface area contributed by atoms with E-state index in [0.717, 1.165) is 26.2 Å². The van der Waals surface area contributed by atoms with Gasteiger partial charge in [-0.2, -0.15) is 0 Å². The number of pyridine rings is 1. The first-order valence-electron chi connectivity index (χ1n) is 5.70. The predicted molar refractivity (Wildman–Crippen MR) is 76.2 cm³/mol. The fraction of sp³-hybridized carbons (Fsp3) is 0.583. The van der Waals surface area contributed by atoms with E-state index in [0.29, 0.717) is 0 Å². The summed E-state index contributed by atoms with van der Waals surface area (Å²) >= 11 is 0. The molecule has 17 heavy (non-hydrogen) atoms. The number of aryl methyl sites for hydroxylation is 1. The Balaban J connectivity index is 0.00000128. The van der Waals surface area contributed by atoms with Gasteiger partial charge in [0.05, 0.1) is 5.69 Å². The van der Waals surface area contributed by atoms with Gasteiger partial charge in [0, 0.05) is 25.8 Å². The van der Waals surface area contributed by atoms with E-state index in [1.165, 1.54) is 24.2 Å². The van der Waals surface area contributed by atoms with Gasteiger partial charge in [-0.25, -0.2) is 0 Å². The molecule has 0 unspecified atom stereocenters. The maximum atomic E-state index is 4.44. The Kier molecular flexibility index (Phi) is 8.52. The van der Waals surface area contributed by atoms with E-state index >= 15 is 0 Å². The largest absolute Gasteiger partial charge is 0.315 e. The molecule has 1 saturated heterocycles. The first-order chi connectivity index (χ1) is 7.36. The lowest BCUT2D eigenvalue weighted by atomic mass is 10.2. The highest BCUT2D eigenvalue weighted by atomic mass is 35.5. The van der Waals surface area contributed by atoms with E-state index in [1.807, 2.05) is 12.3 Å². The van der Waals surface area contributed by atoms with Crippen molar-refractivity contribution in [3.8, 4) is 0 Å². The van der Waals surface area contributed by atoms with E-state index in [4.69, 9.17) is 0 Å². The van der Waals surface area contributed by atoms with Crippen molar-refractivity contribution in [1.29, 1.82) is 0 Å². The van der Waals surface area contributed by atoms with Crippen molar-refractivity contribution in [3.05, 3.63) is 29.6 Å². The van der Waals surface area contributed by atoms with Crippen molar-refractivity contribution >= 4 is 24.8 Å². The predicted octanol–water partition coefficient (Wildman–Crippen LogP) is 2.03. The van der Waals surface area contributed by atoms with Crippen LogP contribution in [0.25, 0.3) is 0 Å². The third-order valence-electron chi connectivity index (χ3n) is 2.92. The minimum absolute atomic E-state index is 0. The lowest BCUT2D eigenvalue weighted by molar-refractivity contribution is 0.280. The van der Waals surface area contributed by atoms with Gasteiger partial charge < -0.3 is 5.32 Å². The third kappa shape index (κ3) is 5.21. The molecule has 0 radical (unpaired) electrons. The van der Waals surface area contributed by atoms with Crippen LogP contribution in [0.3, 0.4) is 0 Å². The summed E-state index contributed by atoms with van der Waals surface area (Å²) in [6, 6.07) is 4.14. The lowest BCUT2D eigenvalue weighted by Crippen LogP contribution is -2.28. The summed E-state index contributed by atoms with van der Waals surface area (Å²) in [5.74, 6) is 0. The molecule has 1 aliphatic rings. The molecular formula is C12H21Cl2N3. The van der Waals surface area contributed by atoms with Crippen molar-refractivity contribution in [2.24, 2.45) is 0 Å². The quantitative estimate of drug-likeness (QED) is 0.897. The van der Waals surface area contributed by atoms with Crippen molar-refractivity contribution in [3.63, 3.8) is 0 Å². The molecule has 2 rings (SSSR count). The third-order valence-corrected chi connectivity index (χ3v) is 2.92. The van der Waals surface area contributed by atoms with E-state index in [-0.39, 0.29) is 24.8 Å². The van der Waals surface area contributed by atoms with Crippen LogP contribution in [0.1, 0.15) is 17.7 Å². The molecule has 1 aliphatic heterocycles. The fourth-order valence-corrected chi connectivity index (χ4v) is 1.96. The topological polar surface area (TPSA) is 28.2 Å². The Bertz CT molecular complexity index is 312. The van der Waals surface area contributed by atoms with E-state index in [2.05, 4.69) is 28.2 Å². The van der Waals surface area contributed by atoms with E-state index < -0.39 is 0 Å². The van der Waals surface area contributed by atoms with Crippen molar-refractivity contribution in [2.75, 3.05) is 26.2 Å². The SMILES string of the molecule is Cc1cccnc1CN1CCCNCC1.Cl.Cl. The van der Waals surface area contributed by atoms with Crippen LogP contribution in [0.2, 0.25) is 0 Å². The zero-order valence-corrected chi connectivity index (χ0v) is 11.8. The monoisotopic (exact) mass is 277 g/mol. The molecule has 1 aromatic heterocycles. The number of nitrogens with zero attached hydrogens (tertiary/aromatic N) is 2. The van der Waals surface area contributed by atoms with Gasteiger partial charge in [0.1, 0.15) is 0 Å². The van der Waals surface area contributed by atoms with Crippen LogP contribution in [0.5, 0.6) is 0 Å². The maximum Gasteiger partial charge on any atom is 0.0573 e. The molecule has 1 N–H and O–H groups in total. The van der Waals surface area contributed by atoms with E-state index in [1.54, 1.807) is 0 Å². The first kappa shape index (κ1) is 16.6. The minimum Gasteiger partial charge on any atom is -0.315 e. The summed E-state index contributed by atoms with van der Waals surface area (Å²) in [6.07, 6.45) is 3.13. The Hall–Kier alpha value is -0.350. The fourth-order valence-electron chi connectivity index (χ4n) is 1.96. The summed E-state index contributed by atoms with van der Waals surface area (Å²) < 4.78 is 0. The van der Waals surface area contributed by atoms with Crippen LogP contribution in [0, 0.1) is 6.92 Å². The molecule has 1 fully saturated rings. The molecule has 0 atom stereocenters. The Morgan fingerprint density at radius 2 is 2.12 bits per heavy atom. The minimum atomic E-state index is 0. The number of rotatable bonds is 2. The number of nitrogens with one attached hydrogen (secondary N) is 1. The molecule has 0 bridgehead atoms. The highest BCUT2D eigenvalue weighted by Crippen LogP contribution is 2.08. The number of aromatic nitrogens is 1. The lowest BCUT2D eigenvalue weighted by Gasteiger charge is -2.19. The zero-order valence-electron chi connectivity index (χ0n) is 10.2. The van der Waals surface area contributed by atoms with Crippen LogP contribution >= 0.6 is 24.8 Å². The number of hydrogen-bond donors (Lipinski definition) is 1. The molecular weight excluding hydrogens is 257 g/mol. The van der Waals surface area contributed by atoms with Gasteiger partial charge in [-0.3, -0.25) is 9.88 Å². The second-order valence-corrected chi connectivity index (χ2v) is 4.15. The smallest absolute Gasteiger partial charge is 0.0573 e. The van der Waals surface area contributed by atoms with Gasteiger partial charge >= 0.3 is 0 Å². The number of hydrogen-bond acceptors (Lipinski definition) is 3. The van der Waals surface area contributed by atoms with Gasteiger partial charge in [-0.1, -0.05) is 6.07 Å². The average molecular weight is 278 g/mol. The van der Waals surface area contributed by atoms with Gasteiger partial charge in [-0.15, -0.1) is 24.8 Å². The van der Waals surface area contributed by atoms with Gasteiger partial charge in [-0.05, 0) is 38.1 Å². The Morgan fingerprint density at radius 1 is 1.29 bits per heavy atom. The van der Waals surface area contributed by atoms with Gasteiger partial charge in [0.15, 0.2) is 0 Å². The highest BCUT2D eigenvalue weighted by Gasteiger charge is 2.10. The molecule has 5 heteroatoms. The van der Waals surface area contributed by atoms with Gasteiger partial charge in [0.2, 0.25) is 0 Å². The summed E-state index contributed by atoms with van der Waals surface area (Å²) in [7, 11) is 0. The molecule has 98 valence electrons. The summed E-state index contributed by atoms with van der Waals surface area (Å²) in [5.41, 5.74) is 2.52. The molecule has 2 heterocycles. The van der Waals surface area contributed by atoms with Crippen LogP contribution in [-0.4, -0.2) is 36.1 Å². The molecule has 0 aliphatic carbocycles. The van der Waals surface area contributed by atoms with Crippen molar-refractivity contribution in [1.82, 2.24) is 15.2 Å². The Labute approximate surface area is 116 Å². The zero-order chi connectivity index (χ0) is 10.5. The maximum absolute atomic E-state index is 4.44. The van der Waals surface area contributed by atoms with Crippen LogP contribution in [0.15, 0.2) is 18.3 Å². The summed E-state index contributed by atoms with van der Waals surface area (Å²) in [5, 5.41) is 3.42. The highest BCUT2D eigenvalue weighted by molar-refractivity contribution is 5.85. The van der Waals surface area contributed by atoms with Crippen LogP contribution < -0.4 is 5.32 Å². The van der Waals surface area contributed by atoms with Crippen LogP contribution in [0.4, 0.5) is 0 Å². The molecule has 0 amide bonds. The second-order valence-electron chi connectivity index (χ2n) is 4.15. The average Bonchev–Trinajstić information content (AvgIpc) is 2.50. The summed E-state index contributed by atoms with van der Waals surface area (Å²) in [6.45, 7) is 7.70. The molecule has 1 aromatic rings. The standard InChI is InChI=1S/C12H19N3.2ClH/c1-11-4-2-6-14-12(11)10-15-8-3-5-13-7-9-15;;/h2,4,6,13H,3,5,7-10H2,1H3;2*1H. The Morgan fingerprint density at radius 3 is 2.88 bits per heavy atom. The summed E-state index contributed by atoms with van der Waals surface area (Å²) in [4.78, 5) is 6.92. The van der Waals surface area contributed by atoms with Crippen LogP contribution in [-0.2, 0) is 6.54 Å². The molecule has 0 aromatic carbocycles. The van der Waals surface area contributed by atoms with Gasteiger partial charge in [0.25, 0.3) is 0 Å². The second kappa shape index (κ2) is 8.70. The van der Waals surface area contributed by atoms with Crippen molar-refractivity contribution in [2.45, 2.75) is 19.9 Å². The first-order valence-corrected chi connectivity index (χ1v) is 5.70. The molecule has 0 spiro atoms.